The molecular formula is C9H19O7S2Si-. The van der Waals surface area contributed by atoms with Gasteiger partial charge in [-0.15, -0.1) is 0 Å². The van der Waals surface area contributed by atoms with Crippen molar-refractivity contribution in [1.29, 1.82) is 0 Å². The van der Waals surface area contributed by atoms with Crippen LogP contribution in [0, 0.1) is 0 Å². The van der Waals surface area contributed by atoms with Gasteiger partial charge in [0.25, 0.3) is 0 Å². The molecule has 0 aromatic carbocycles. The molecule has 1 atom stereocenters. The van der Waals surface area contributed by atoms with Gasteiger partial charge in [0.2, 0.25) is 8.32 Å². The van der Waals surface area contributed by atoms with Crippen molar-refractivity contribution in [3.05, 3.63) is 0 Å². The Kier molecular flexibility index (Phi) is 6.11. The Balaban J connectivity index is 2.42. The first-order valence-electron chi connectivity index (χ1n) is 5.98. The molecule has 0 saturated heterocycles. The minimum atomic E-state index is -3.98. The SMILES string of the molecule is C[Si](C)(C)OS(=O)(=O)OC1CCC(OS(=O)[O-])CC1. The van der Waals surface area contributed by atoms with E-state index in [0.717, 1.165) is 0 Å². The van der Waals surface area contributed by atoms with Crippen LogP contribution < -0.4 is 0 Å². The summed E-state index contributed by atoms with van der Waals surface area (Å²) in [6.45, 7) is 5.26. The molecule has 1 aliphatic carbocycles. The van der Waals surface area contributed by atoms with Crippen LogP contribution in [0.2, 0.25) is 19.6 Å². The maximum atomic E-state index is 11.6. The third-order valence-electron chi connectivity index (χ3n) is 2.44. The zero-order chi connectivity index (χ0) is 14.7. The number of hydrogen-bond acceptors (Lipinski definition) is 7. The summed E-state index contributed by atoms with van der Waals surface area (Å²) in [5, 5.41) is 0. The van der Waals surface area contributed by atoms with Crippen LogP contribution >= 0.6 is 0 Å². The van der Waals surface area contributed by atoms with Crippen molar-refractivity contribution in [2.75, 3.05) is 0 Å². The van der Waals surface area contributed by atoms with Crippen molar-refractivity contribution in [1.82, 2.24) is 0 Å². The zero-order valence-electron chi connectivity index (χ0n) is 11.2. The van der Waals surface area contributed by atoms with Crippen LogP contribution in [0.15, 0.2) is 0 Å². The molecule has 114 valence electrons. The van der Waals surface area contributed by atoms with E-state index in [4.69, 9.17) is 8.06 Å². The van der Waals surface area contributed by atoms with E-state index in [1.165, 1.54) is 0 Å². The van der Waals surface area contributed by atoms with Gasteiger partial charge in [0.05, 0.1) is 23.6 Å². The minimum absolute atomic E-state index is 0.390. The molecule has 1 unspecified atom stereocenters. The van der Waals surface area contributed by atoms with Crippen molar-refractivity contribution in [3.63, 3.8) is 0 Å². The van der Waals surface area contributed by atoms with Crippen LogP contribution in [-0.2, 0) is 34.0 Å². The topological polar surface area (TPSA) is 102 Å². The van der Waals surface area contributed by atoms with Crippen LogP contribution in [0.5, 0.6) is 0 Å². The van der Waals surface area contributed by atoms with E-state index >= 15 is 0 Å². The second-order valence-corrected chi connectivity index (χ2v) is 11.9. The second kappa shape index (κ2) is 6.74. The highest BCUT2D eigenvalue weighted by Gasteiger charge is 2.30. The highest BCUT2D eigenvalue weighted by atomic mass is 32.3. The summed E-state index contributed by atoms with van der Waals surface area (Å²) < 4.78 is 58.6. The number of rotatable bonds is 6. The summed E-state index contributed by atoms with van der Waals surface area (Å²) in [5.74, 6) is 0. The molecule has 10 heteroatoms. The van der Waals surface area contributed by atoms with Crippen LogP contribution in [0.4, 0.5) is 0 Å². The van der Waals surface area contributed by atoms with Gasteiger partial charge in [-0.2, -0.15) is 8.42 Å². The maximum absolute atomic E-state index is 11.6. The summed E-state index contributed by atoms with van der Waals surface area (Å²) in [7, 11) is -6.21. The molecular weight excluding hydrogens is 312 g/mol. The van der Waals surface area contributed by atoms with Gasteiger partial charge in [-0.05, 0) is 45.3 Å². The Labute approximate surface area is 117 Å². The van der Waals surface area contributed by atoms with Gasteiger partial charge in [-0.25, -0.2) is 8.39 Å². The fourth-order valence-electron chi connectivity index (χ4n) is 1.83. The molecule has 0 bridgehead atoms. The molecule has 1 rings (SSSR count). The third kappa shape index (κ3) is 7.49. The van der Waals surface area contributed by atoms with Gasteiger partial charge in [-0.1, -0.05) is 0 Å². The standard InChI is InChI=1S/C9H20O7S2Si/c1-19(2,3)16-18(12,13)15-9-6-4-8(5-7-9)14-17(10)11/h8-9H,4-7H2,1-3H3,(H,10,11)/p-1. The van der Waals surface area contributed by atoms with Crippen molar-refractivity contribution >= 4 is 30.1 Å². The van der Waals surface area contributed by atoms with E-state index in [2.05, 4.69) is 4.18 Å². The molecule has 7 nitrogen and oxygen atoms in total. The van der Waals surface area contributed by atoms with Gasteiger partial charge >= 0.3 is 10.4 Å². The molecule has 19 heavy (non-hydrogen) atoms. The predicted molar refractivity (Wildman–Crippen MR) is 70.5 cm³/mol. The molecule has 0 aromatic rings. The lowest BCUT2D eigenvalue weighted by Gasteiger charge is -2.28. The molecule has 0 radical (unpaired) electrons. The Bertz CT molecular complexity index is 409. The van der Waals surface area contributed by atoms with E-state index < -0.39 is 42.3 Å². The monoisotopic (exact) mass is 331 g/mol. The number of hydrogen-bond donors (Lipinski definition) is 0. The van der Waals surface area contributed by atoms with E-state index in [1.807, 2.05) is 0 Å². The van der Waals surface area contributed by atoms with Crippen LogP contribution in [-0.4, -0.2) is 37.7 Å². The van der Waals surface area contributed by atoms with E-state index in [-0.39, 0.29) is 0 Å². The summed E-state index contributed by atoms with van der Waals surface area (Å²) in [6, 6.07) is 0. The van der Waals surface area contributed by atoms with Crippen LogP contribution in [0.3, 0.4) is 0 Å². The minimum Gasteiger partial charge on any atom is -0.750 e. The lowest BCUT2D eigenvalue weighted by atomic mass is 9.95. The first-order chi connectivity index (χ1) is 8.57. The molecule has 0 N–H and O–H groups in total. The maximum Gasteiger partial charge on any atom is 0.390 e. The first-order valence-corrected chi connectivity index (χ1v) is 11.7. The fraction of sp³-hybridized carbons (Fsp3) is 1.00. The molecule has 1 aliphatic rings. The summed E-state index contributed by atoms with van der Waals surface area (Å²) in [6.07, 6.45) is 0.884. The second-order valence-electron chi connectivity index (χ2n) is 5.40. The summed E-state index contributed by atoms with van der Waals surface area (Å²) in [4.78, 5) is 0. The van der Waals surface area contributed by atoms with E-state index in [9.17, 15) is 17.2 Å². The van der Waals surface area contributed by atoms with E-state index in [0.29, 0.717) is 25.7 Å². The zero-order valence-corrected chi connectivity index (χ0v) is 13.8. The lowest BCUT2D eigenvalue weighted by Crippen LogP contribution is -2.34. The Hall–Kier alpha value is 0.157. The van der Waals surface area contributed by atoms with Crippen molar-refractivity contribution in [2.24, 2.45) is 0 Å². The van der Waals surface area contributed by atoms with Crippen molar-refractivity contribution < 1.29 is 29.4 Å². The molecule has 0 amide bonds. The molecule has 1 saturated carbocycles. The van der Waals surface area contributed by atoms with Gasteiger partial charge in [-0.3, -0.25) is 8.06 Å². The molecule has 1 fully saturated rings. The Morgan fingerprint density at radius 1 is 1.11 bits per heavy atom. The summed E-state index contributed by atoms with van der Waals surface area (Å²) in [5.41, 5.74) is 0. The van der Waals surface area contributed by atoms with Gasteiger partial charge in [0, 0.05) is 0 Å². The average Bonchev–Trinajstić information content (AvgIpc) is 2.15. The smallest absolute Gasteiger partial charge is 0.390 e. The lowest BCUT2D eigenvalue weighted by molar-refractivity contribution is 0.0789. The highest BCUT2D eigenvalue weighted by molar-refractivity contribution is 7.83. The highest BCUT2D eigenvalue weighted by Crippen LogP contribution is 2.26. The van der Waals surface area contributed by atoms with Gasteiger partial charge in [0.15, 0.2) is 0 Å². The first kappa shape index (κ1) is 17.2. The third-order valence-corrected chi connectivity index (χ3v) is 6.20. The Morgan fingerprint density at radius 3 is 2.00 bits per heavy atom. The van der Waals surface area contributed by atoms with Crippen molar-refractivity contribution in [2.45, 2.75) is 57.5 Å². The van der Waals surface area contributed by atoms with Crippen molar-refractivity contribution in [3.8, 4) is 0 Å². The summed E-state index contributed by atoms with van der Waals surface area (Å²) >= 11 is -2.53. The fourth-order valence-corrected chi connectivity index (χ4v) is 5.38. The average molecular weight is 331 g/mol. The van der Waals surface area contributed by atoms with Crippen LogP contribution in [0.1, 0.15) is 25.7 Å². The largest absolute Gasteiger partial charge is 0.750 e. The quantitative estimate of drug-likeness (QED) is 0.532. The predicted octanol–water partition coefficient (Wildman–Crippen LogP) is 1.22. The normalized spacial score (nSPS) is 27.2. The van der Waals surface area contributed by atoms with Crippen LogP contribution in [0.25, 0.3) is 0 Å². The van der Waals surface area contributed by atoms with Gasteiger partial charge < -0.3 is 4.55 Å². The molecule has 0 heterocycles. The molecule has 0 spiro atoms. The Morgan fingerprint density at radius 2 is 1.58 bits per heavy atom. The molecule has 0 aliphatic heterocycles. The van der Waals surface area contributed by atoms with E-state index in [1.54, 1.807) is 19.6 Å². The van der Waals surface area contributed by atoms with Gasteiger partial charge in [0.1, 0.15) is 0 Å². The molecule has 0 aromatic heterocycles.